The second kappa shape index (κ2) is 7.25. The van der Waals surface area contributed by atoms with Crippen LogP contribution >= 0.6 is 11.3 Å². The fourth-order valence-electron chi connectivity index (χ4n) is 2.90. The molecule has 0 saturated carbocycles. The van der Waals surface area contributed by atoms with Gasteiger partial charge in [-0.1, -0.05) is 0 Å². The monoisotopic (exact) mass is 331 g/mol. The van der Waals surface area contributed by atoms with Crippen LogP contribution in [-0.2, 0) is 0 Å². The topological polar surface area (TPSA) is 49.4 Å². The second-order valence-corrected chi connectivity index (χ2v) is 6.78. The van der Waals surface area contributed by atoms with Gasteiger partial charge in [0.25, 0.3) is 0 Å². The first-order valence-electron chi connectivity index (χ1n) is 8.03. The predicted octanol–water partition coefficient (Wildman–Crippen LogP) is 3.86. The molecule has 1 aromatic carbocycles. The van der Waals surface area contributed by atoms with Crippen molar-refractivity contribution in [3.63, 3.8) is 0 Å². The first kappa shape index (κ1) is 16.2. The number of nitrogens with zero attached hydrogens (tertiary/aromatic N) is 1. The summed E-state index contributed by atoms with van der Waals surface area (Å²) in [6.07, 6.45) is 3.20. The smallest absolute Gasteiger partial charge is 0.193 e. The molecule has 1 fully saturated rings. The van der Waals surface area contributed by atoms with Crippen LogP contribution in [0.5, 0.6) is 5.75 Å². The predicted molar refractivity (Wildman–Crippen MR) is 91.8 cm³/mol. The first-order valence-corrected chi connectivity index (χ1v) is 8.97. The highest BCUT2D eigenvalue weighted by molar-refractivity contribution is 7.08. The van der Waals surface area contributed by atoms with Gasteiger partial charge in [-0.2, -0.15) is 11.3 Å². The average molecular weight is 331 g/mol. The van der Waals surface area contributed by atoms with Crippen LogP contribution in [0.3, 0.4) is 0 Å². The van der Waals surface area contributed by atoms with Crippen LogP contribution in [0.1, 0.15) is 35.2 Å². The van der Waals surface area contributed by atoms with Gasteiger partial charge in [0.1, 0.15) is 18.9 Å². The molecule has 0 atom stereocenters. The Labute approximate surface area is 140 Å². The summed E-state index contributed by atoms with van der Waals surface area (Å²) in [6, 6.07) is 8.97. The van der Waals surface area contributed by atoms with E-state index >= 15 is 0 Å². The van der Waals surface area contributed by atoms with Gasteiger partial charge >= 0.3 is 0 Å². The molecule has 1 aliphatic rings. The van der Waals surface area contributed by atoms with E-state index in [0.29, 0.717) is 43.1 Å². The summed E-state index contributed by atoms with van der Waals surface area (Å²) in [7, 11) is 0. The number of hydrogen-bond acceptors (Lipinski definition) is 4. The van der Waals surface area contributed by atoms with Gasteiger partial charge < -0.3 is 14.6 Å². The maximum atomic E-state index is 12.4. The molecule has 4 nitrogen and oxygen atoms in total. The first-order chi connectivity index (χ1) is 11.2. The fraction of sp³-hybridized carbons (Fsp3) is 0.389. The SMILES string of the molecule is O=C(c1ccc(OCC[N+]2([O-])CCCCC2)cc1)c1ccsc1. The fourth-order valence-corrected chi connectivity index (χ4v) is 3.54. The van der Waals surface area contributed by atoms with Crippen molar-refractivity contribution in [3.8, 4) is 5.75 Å². The molecule has 0 unspecified atom stereocenters. The highest BCUT2D eigenvalue weighted by Gasteiger charge is 2.20. The van der Waals surface area contributed by atoms with Crippen LogP contribution in [-0.4, -0.2) is 36.7 Å². The molecular formula is C18H21NO3S. The van der Waals surface area contributed by atoms with Gasteiger partial charge in [0.15, 0.2) is 5.78 Å². The minimum absolute atomic E-state index is 0.0233. The van der Waals surface area contributed by atoms with E-state index in [4.69, 9.17) is 4.74 Å². The van der Waals surface area contributed by atoms with Crippen LogP contribution in [0.25, 0.3) is 0 Å². The quantitative estimate of drug-likeness (QED) is 0.459. The Morgan fingerprint density at radius 2 is 1.83 bits per heavy atom. The van der Waals surface area contributed by atoms with Gasteiger partial charge in [-0.15, -0.1) is 0 Å². The van der Waals surface area contributed by atoms with Crippen molar-refractivity contribution >= 4 is 17.1 Å². The average Bonchev–Trinajstić information content (AvgIpc) is 3.10. The van der Waals surface area contributed by atoms with Crippen molar-refractivity contribution in [2.45, 2.75) is 19.3 Å². The van der Waals surface area contributed by atoms with Crippen molar-refractivity contribution < 1.29 is 14.2 Å². The van der Waals surface area contributed by atoms with Gasteiger partial charge in [0.05, 0.1) is 13.1 Å². The lowest BCUT2D eigenvalue weighted by molar-refractivity contribution is -0.885. The molecule has 5 heteroatoms. The van der Waals surface area contributed by atoms with Crippen LogP contribution in [0.4, 0.5) is 0 Å². The Balaban J connectivity index is 1.52. The van der Waals surface area contributed by atoms with E-state index in [1.165, 1.54) is 17.8 Å². The number of carbonyl (C=O) groups is 1. The lowest BCUT2D eigenvalue weighted by Gasteiger charge is -2.45. The van der Waals surface area contributed by atoms with Crippen molar-refractivity contribution in [2.75, 3.05) is 26.2 Å². The number of ether oxygens (including phenoxy) is 1. The third kappa shape index (κ3) is 4.19. The largest absolute Gasteiger partial charge is 0.633 e. The molecule has 3 rings (SSSR count). The van der Waals surface area contributed by atoms with Crippen LogP contribution in [0.15, 0.2) is 41.1 Å². The van der Waals surface area contributed by atoms with Gasteiger partial charge in [0, 0.05) is 16.5 Å². The standard InChI is InChI=1S/C18H21NO3S/c20-18(16-8-13-23-14-16)15-4-6-17(7-5-15)22-12-11-19(21)9-2-1-3-10-19/h4-8,13-14H,1-3,9-12H2. The number of hydrogen-bond donors (Lipinski definition) is 0. The molecule has 0 radical (unpaired) electrons. The zero-order valence-corrected chi connectivity index (χ0v) is 13.9. The van der Waals surface area contributed by atoms with E-state index in [1.807, 2.05) is 16.8 Å². The summed E-state index contributed by atoms with van der Waals surface area (Å²) < 4.78 is 5.54. The number of rotatable bonds is 6. The normalized spacial score (nSPS) is 16.9. The Morgan fingerprint density at radius 3 is 2.48 bits per heavy atom. The zero-order valence-electron chi connectivity index (χ0n) is 13.1. The third-order valence-electron chi connectivity index (χ3n) is 4.30. The van der Waals surface area contributed by atoms with E-state index in [0.717, 1.165) is 12.8 Å². The number of benzene rings is 1. The minimum Gasteiger partial charge on any atom is -0.633 e. The molecule has 122 valence electrons. The van der Waals surface area contributed by atoms with Crippen LogP contribution < -0.4 is 4.74 Å². The third-order valence-corrected chi connectivity index (χ3v) is 4.98. The number of piperidine rings is 1. The van der Waals surface area contributed by atoms with E-state index in [9.17, 15) is 10.0 Å². The van der Waals surface area contributed by atoms with Crippen molar-refractivity contribution in [1.29, 1.82) is 0 Å². The van der Waals surface area contributed by atoms with Crippen molar-refractivity contribution in [2.24, 2.45) is 0 Å². The molecule has 2 heterocycles. The molecule has 0 N–H and O–H groups in total. The van der Waals surface area contributed by atoms with Crippen LogP contribution in [0.2, 0.25) is 0 Å². The maximum Gasteiger partial charge on any atom is 0.193 e. The molecule has 23 heavy (non-hydrogen) atoms. The maximum absolute atomic E-state index is 12.4. The Morgan fingerprint density at radius 1 is 1.09 bits per heavy atom. The Bertz CT molecular complexity index is 631. The molecule has 0 amide bonds. The van der Waals surface area contributed by atoms with Crippen LogP contribution in [0, 0.1) is 5.21 Å². The summed E-state index contributed by atoms with van der Waals surface area (Å²) in [5.41, 5.74) is 1.37. The summed E-state index contributed by atoms with van der Waals surface area (Å²) in [6.45, 7) is 2.33. The van der Waals surface area contributed by atoms with Crippen molar-refractivity contribution in [1.82, 2.24) is 0 Å². The summed E-state index contributed by atoms with van der Waals surface area (Å²) >= 11 is 1.51. The van der Waals surface area contributed by atoms with E-state index in [2.05, 4.69) is 0 Å². The molecule has 0 spiro atoms. The molecule has 2 aromatic rings. The number of carbonyl (C=O) groups excluding carboxylic acids is 1. The lowest BCUT2D eigenvalue weighted by atomic mass is 10.1. The molecule has 1 saturated heterocycles. The number of likely N-dealkylation sites (tertiary alicyclic amines) is 1. The Kier molecular flexibility index (Phi) is 5.10. The molecule has 0 bridgehead atoms. The summed E-state index contributed by atoms with van der Waals surface area (Å²) in [5, 5.41) is 16.1. The highest BCUT2D eigenvalue weighted by Crippen LogP contribution is 2.19. The Hall–Kier alpha value is -1.69. The second-order valence-electron chi connectivity index (χ2n) is 6.00. The van der Waals surface area contributed by atoms with Gasteiger partial charge in [-0.25, -0.2) is 0 Å². The molecular weight excluding hydrogens is 310 g/mol. The number of ketones is 1. The van der Waals surface area contributed by atoms with Gasteiger partial charge in [0.2, 0.25) is 0 Å². The van der Waals surface area contributed by atoms with E-state index in [1.54, 1.807) is 24.3 Å². The van der Waals surface area contributed by atoms with E-state index in [-0.39, 0.29) is 10.4 Å². The molecule has 1 aliphatic heterocycles. The van der Waals surface area contributed by atoms with Gasteiger partial charge in [-0.3, -0.25) is 4.79 Å². The zero-order chi connectivity index (χ0) is 16.1. The number of quaternary nitrogens is 1. The summed E-state index contributed by atoms with van der Waals surface area (Å²) in [5.74, 6) is 0.727. The number of thiophene rings is 1. The van der Waals surface area contributed by atoms with Gasteiger partial charge in [-0.05, 0) is 55.0 Å². The lowest BCUT2D eigenvalue weighted by Crippen LogP contribution is -2.48. The highest BCUT2D eigenvalue weighted by atomic mass is 32.1. The summed E-state index contributed by atoms with van der Waals surface area (Å²) in [4.78, 5) is 12.2. The van der Waals surface area contributed by atoms with Crippen molar-refractivity contribution in [3.05, 3.63) is 57.4 Å². The minimum atomic E-state index is -0.130. The molecule has 0 aliphatic carbocycles. The van der Waals surface area contributed by atoms with E-state index < -0.39 is 0 Å². The molecule has 1 aromatic heterocycles. The number of hydroxylamine groups is 3.